The van der Waals surface area contributed by atoms with Gasteiger partial charge in [0, 0.05) is 23.2 Å². The topological polar surface area (TPSA) is 42.9 Å². The summed E-state index contributed by atoms with van der Waals surface area (Å²) in [5.41, 5.74) is 0.162. The van der Waals surface area contributed by atoms with Gasteiger partial charge < -0.3 is 10.1 Å². The molecular weight excluding hydrogens is 354 g/mol. The van der Waals surface area contributed by atoms with E-state index in [0.29, 0.717) is 11.5 Å². The maximum Gasteiger partial charge on any atom is 0.339 e. The van der Waals surface area contributed by atoms with Gasteiger partial charge in [0.2, 0.25) is 0 Å². The lowest BCUT2D eigenvalue weighted by Crippen LogP contribution is -2.86. The van der Waals surface area contributed by atoms with Crippen molar-refractivity contribution in [3.8, 4) is 0 Å². The Morgan fingerprint density at radius 3 is 2.61 bits per heavy atom. The molecule has 0 bridgehead atoms. The summed E-state index contributed by atoms with van der Waals surface area (Å²) in [5, 5.41) is 4.47. The molecular formula is C19H23BrNO2+. The molecule has 1 saturated heterocycles. The van der Waals surface area contributed by atoms with Gasteiger partial charge in [-0.15, -0.1) is 0 Å². The first-order valence-electron chi connectivity index (χ1n) is 8.21. The van der Waals surface area contributed by atoms with Gasteiger partial charge in [0.1, 0.15) is 5.60 Å². The van der Waals surface area contributed by atoms with Crippen LogP contribution < -0.4 is 5.32 Å². The average Bonchev–Trinajstić information content (AvgIpc) is 2.56. The lowest BCUT2D eigenvalue weighted by atomic mass is 9.83. The first-order chi connectivity index (χ1) is 11.0. The molecule has 1 heterocycles. The van der Waals surface area contributed by atoms with Gasteiger partial charge in [-0.2, -0.15) is 0 Å². The van der Waals surface area contributed by atoms with Crippen LogP contribution in [0.25, 0.3) is 10.8 Å². The molecule has 0 radical (unpaired) electrons. The van der Waals surface area contributed by atoms with Crippen molar-refractivity contribution in [3.05, 3.63) is 46.4 Å². The van der Waals surface area contributed by atoms with Crippen molar-refractivity contribution >= 4 is 32.7 Å². The van der Waals surface area contributed by atoms with Crippen LogP contribution in [0.4, 0.5) is 0 Å². The second-order valence-electron chi connectivity index (χ2n) is 6.78. The molecule has 1 fully saturated rings. The fraction of sp³-hybridized carbons (Fsp3) is 0.421. The molecule has 3 rings (SSSR count). The number of rotatable bonds is 3. The van der Waals surface area contributed by atoms with Gasteiger partial charge in [-0.05, 0) is 46.6 Å². The number of esters is 1. The van der Waals surface area contributed by atoms with E-state index in [-0.39, 0.29) is 5.97 Å². The highest BCUT2D eigenvalue weighted by molar-refractivity contribution is 9.10. The minimum absolute atomic E-state index is 0.248. The number of ether oxygens (including phenoxy) is 1. The monoisotopic (exact) mass is 376 g/mol. The van der Waals surface area contributed by atoms with E-state index in [1.807, 2.05) is 50.2 Å². The predicted octanol–water partition coefficient (Wildman–Crippen LogP) is 3.51. The number of piperidine rings is 1. The highest BCUT2D eigenvalue weighted by Crippen LogP contribution is 2.32. The Morgan fingerprint density at radius 2 is 1.87 bits per heavy atom. The van der Waals surface area contributed by atoms with Gasteiger partial charge in [0.15, 0.2) is 0 Å². The third-order valence-corrected chi connectivity index (χ3v) is 5.71. The fourth-order valence-corrected chi connectivity index (χ4v) is 4.05. The Kier molecular flexibility index (Phi) is 4.74. The van der Waals surface area contributed by atoms with Crippen molar-refractivity contribution in [2.75, 3.05) is 13.1 Å². The zero-order valence-electron chi connectivity index (χ0n) is 13.6. The Balaban J connectivity index is 1.84. The van der Waals surface area contributed by atoms with E-state index in [1.165, 1.54) is 0 Å². The van der Waals surface area contributed by atoms with Crippen molar-refractivity contribution in [3.63, 3.8) is 0 Å². The molecule has 0 spiro atoms. The van der Waals surface area contributed by atoms with Gasteiger partial charge >= 0.3 is 5.97 Å². The number of nitrogens with two attached hydrogens (primary N) is 1. The number of halogens is 1. The molecule has 0 saturated carbocycles. The molecule has 0 atom stereocenters. The number of quaternary nitrogens is 1. The second-order valence-corrected chi connectivity index (χ2v) is 7.57. The highest BCUT2D eigenvalue weighted by Gasteiger charge is 2.35. The summed E-state index contributed by atoms with van der Waals surface area (Å²) >= 11 is 3.58. The van der Waals surface area contributed by atoms with Crippen LogP contribution >= 0.6 is 15.9 Å². The maximum atomic E-state index is 12.7. The molecule has 2 aromatic carbocycles. The van der Waals surface area contributed by atoms with E-state index in [4.69, 9.17) is 4.74 Å². The molecule has 1 aliphatic heterocycles. The minimum atomic E-state index is -0.434. The Bertz CT molecular complexity index is 720. The first kappa shape index (κ1) is 16.5. The van der Waals surface area contributed by atoms with Crippen LogP contribution in [-0.2, 0) is 4.74 Å². The largest absolute Gasteiger partial charge is 0.456 e. The number of carbonyl (C=O) groups excluding carboxylic acids is 1. The van der Waals surface area contributed by atoms with Gasteiger partial charge in [-0.1, -0.05) is 30.3 Å². The van der Waals surface area contributed by atoms with Crippen molar-refractivity contribution in [1.29, 1.82) is 0 Å². The zero-order chi connectivity index (χ0) is 16.4. The SMILES string of the molecule is CC(C)(OC(=O)c1ccc2ccccc2c1Br)C1CC[NH2+]CC1. The minimum Gasteiger partial charge on any atom is -0.456 e. The van der Waals surface area contributed by atoms with Crippen LogP contribution in [0.2, 0.25) is 0 Å². The van der Waals surface area contributed by atoms with Crippen LogP contribution in [0.5, 0.6) is 0 Å². The lowest BCUT2D eigenvalue weighted by Gasteiger charge is -2.35. The third-order valence-electron chi connectivity index (χ3n) is 4.86. The summed E-state index contributed by atoms with van der Waals surface area (Å²) in [6, 6.07) is 11.8. The molecule has 0 amide bonds. The summed E-state index contributed by atoms with van der Waals surface area (Å²) in [4.78, 5) is 12.7. The van der Waals surface area contributed by atoms with Crippen LogP contribution in [0.1, 0.15) is 37.0 Å². The summed E-state index contributed by atoms with van der Waals surface area (Å²) in [6.45, 7) is 6.31. The number of fused-ring (bicyclic) bond motifs is 1. The summed E-state index contributed by atoms with van der Waals surface area (Å²) in [6.07, 6.45) is 2.19. The van der Waals surface area contributed by atoms with Gasteiger partial charge in [-0.3, -0.25) is 0 Å². The molecule has 0 unspecified atom stereocenters. The number of hydrogen-bond donors (Lipinski definition) is 1. The van der Waals surface area contributed by atoms with Gasteiger partial charge in [0.25, 0.3) is 0 Å². The van der Waals surface area contributed by atoms with E-state index in [1.54, 1.807) is 0 Å². The van der Waals surface area contributed by atoms with Crippen molar-refractivity contribution in [1.82, 2.24) is 0 Å². The van der Waals surface area contributed by atoms with Crippen molar-refractivity contribution < 1.29 is 14.8 Å². The molecule has 1 aliphatic rings. The number of carbonyl (C=O) groups is 1. The quantitative estimate of drug-likeness (QED) is 0.832. The van der Waals surface area contributed by atoms with E-state index < -0.39 is 5.60 Å². The highest BCUT2D eigenvalue weighted by atomic mass is 79.9. The zero-order valence-corrected chi connectivity index (χ0v) is 15.2. The fourth-order valence-electron chi connectivity index (χ4n) is 3.39. The van der Waals surface area contributed by atoms with Gasteiger partial charge in [-0.25, -0.2) is 4.79 Å². The van der Waals surface area contributed by atoms with Crippen LogP contribution in [-0.4, -0.2) is 24.7 Å². The van der Waals surface area contributed by atoms with E-state index in [0.717, 1.165) is 41.2 Å². The van der Waals surface area contributed by atoms with Gasteiger partial charge in [0.05, 0.1) is 18.7 Å². The predicted molar refractivity (Wildman–Crippen MR) is 95.5 cm³/mol. The molecule has 0 aromatic heterocycles. The first-order valence-corrected chi connectivity index (χ1v) is 9.00. The van der Waals surface area contributed by atoms with Crippen LogP contribution in [0.3, 0.4) is 0 Å². The Hall–Kier alpha value is -1.39. The molecule has 122 valence electrons. The lowest BCUT2D eigenvalue weighted by molar-refractivity contribution is -0.665. The molecule has 2 aromatic rings. The third kappa shape index (κ3) is 3.43. The Morgan fingerprint density at radius 1 is 1.17 bits per heavy atom. The Labute approximate surface area is 145 Å². The normalized spacial score (nSPS) is 16.5. The number of benzene rings is 2. The summed E-state index contributed by atoms with van der Waals surface area (Å²) in [7, 11) is 0. The average molecular weight is 377 g/mol. The number of hydrogen-bond acceptors (Lipinski definition) is 2. The van der Waals surface area contributed by atoms with E-state index in [2.05, 4.69) is 21.2 Å². The summed E-state index contributed by atoms with van der Waals surface area (Å²) in [5.74, 6) is 0.179. The van der Waals surface area contributed by atoms with E-state index in [9.17, 15) is 4.79 Å². The molecule has 0 aliphatic carbocycles. The summed E-state index contributed by atoms with van der Waals surface area (Å²) < 4.78 is 6.72. The molecule has 2 N–H and O–H groups in total. The van der Waals surface area contributed by atoms with Crippen LogP contribution in [0.15, 0.2) is 40.9 Å². The second kappa shape index (κ2) is 6.62. The van der Waals surface area contributed by atoms with E-state index >= 15 is 0 Å². The molecule has 4 heteroatoms. The van der Waals surface area contributed by atoms with Crippen LogP contribution in [0, 0.1) is 5.92 Å². The maximum absolute atomic E-state index is 12.7. The van der Waals surface area contributed by atoms with Crippen molar-refractivity contribution in [2.45, 2.75) is 32.3 Å². The smallest absolute Gasteiger partial charge is 0.339 e. The molecule has 23 heavy (non-hydrogen) atoms. The standard InChI is InChI=1S/C19H22BrNO2/c1-19(2,14-9-11-21-12-10-14)23-18(22)16-8-7-13-5-3-4-6-15(13)17(16)20/h3-8,14,21H,9-12H2,1-2H3/p+1. The van der Waals surface area contributed by atoms with Crippen molar-refractivity contribution in [2.24, 2.45) is 5.92 Å². The molecule has 3 nitrogen and oxygen atoms in total.